The van der Waals surface area contributed by atoms with E-state index in [0.717, 1.165) is 29.3 Å². The van der Waals surface area contributed by atoms with E-state index in [-0.39, 0.29) is 6.03 Å². The van der Waals surface area contributed by atoms with Crippen molar-refractivity contribution < 1.29 is 4.79 Å². The maximum absolute atomic E-state index is 12.0. The van der Waals surface area contributed by atoms with Gasteiger partial charge in [-0.1, -0.05) is 18.5 Å². The molecule has 2 amide bonds. The molecule has 0 spiro atoms. The lowest BCUT2D eigenvalue weighted by molar-refractivity contribution is 0.246. The van der Waals surface area contributed by atoms with Crippen molar-refractivity contribution >= 4 is 35.1 Å². The molecule has 1 heterocycles. The van der Waals surface area contributed by atoms with Gasteiger partial charge in [0.15, 0.2) is 0 Å². The minimum Gasteiger partial charge on any atom is -0.338 e. The topological polar surface area (TPSA) is 32.3 Å². The number of halogens is 1. The van der Waals surface area contributed by atoms with Crippen LogP contribution in [-0.2, 0) is 0 Å². The molecule has 0 saturated heterocycles. The standard InChI is InChI=1S/C12H15ClN2OS/c1-2-5-14-12(16)15-6-7-17-11-4-3-9(13)8-10(11)15/h3-4,8H,2,5-7H2,1H3,(H,14,16). The van der Waals surface area contributed by atoms with Gasteiger partial charge in [0.05, 0.1) is 5.69 Å². The van der Waals surface area contributed by atoms with E-state index in [9.17, 15) is 4.79 Å². The van der Waals surface area contributed by atoms with Crippen molar-refractivity contribution in [3.05, 3.63) is 23.2 Å². The summed E-state index contributed by atoms with van der Waals surface area (Å²) in [6.07, 6.45) is 0.941. The number of nitrogens with zero attached hydrogens (tertiary/aromatic N) is 1. The van der Waals surface area contributed by atoms with Crippen molar-refractivity contribution in [2.24, 2.45) is 0 Å². The van der Waals surface area contributed by atoms with Gasteiger partial charge in [-0.15, -0.1) is 11.8 Å². The third kappa shape index (κ3) is 2.87. The van der Waals surface area contributed by atoms with E-state index in [4.69, 9.17) is 11.6 Å². The highest BCUT2D eigenvalue weighted by Gasteiger charge is 2.22. The van der Waals surface area contributed by atoms with Crippen LogP contribution in [0.15, 0.2) is 23.1 Å². The van der Waals surface area contributed by atoms with Gasteiger partial charge >= 0.3 is 6.03 Å². The lowest BCUT2D eigenvalue weighted by atomic mass is 10.3. The Bertz CT molecular complexity index is 425. The zero-order valence-electron chi connectivity index (χ0n) is 9.70. The molecular formula is C12H15ClN2OS. The van der Waals surface area contributed by atoms with E-state index in [0.29, 0.717) is 11.6 Å². The highest BCUT2D eigenvalue weighted by Crippen LogP contribution is 2.36. The summed E-state index contributed by atoms with van der Waals surface area (Å²) >= 11 is 7.75. The fraction of sp³-hybridized carbons (Fsp3) is 0.417. The number of nitrogens with one attached hydrogen (secondary N) is 1. The second-order valence-electron chi connectivity index (χ2n) is 3.84. The molecule has 0 atom stereocenters. The molecule has 1 aliphatic rings. The van der Waals surface area contributed by atoms with Crippen LogP contribution < -0.4 is 10.2 Å². The second-order valence-corrected chi connectivity index (χ2v) is 5.42. The van der Waals surface area contributed by atoms with Crippen LogP contribution in [0.2, 0.25) is 5.02 Å². The average Bonchev–Trinajstić information content (AvgIpc) is 2.35. The smallest absolute Gasteiger partial charge is 0.321 e. The molecule has 1 aromatic rings. The molecule has 0 unspecified atom stereocenters. The van der Waals surface area contributed by atoms with Gasteiger partial charge in [-0.25, -0.2) is 4.79 Å². The summed E-state index contributed by atoms with van der Waals surface area (Å²) in [5, 5.41) is 3.56. The maximum atomic E-state index is 12.0. The van der Waals surface area contributed by atoms with Crippen molar-refractivity contribution in [1.29, 1.82) is 0 Å². The van der Waals surface area contributed by atoms with Crippen LogP contribution in [0.25, 0.3) is 0 Å². The fourth-order valence-corrected chi connectivity index (χ4v) is 2.87. The first-order chi connectivity index (χ1) is 8.22. The van der Waals surface area contributed by atoms with Gasteiger partial charge in [0.25, 0.3) is 0 Å². The molecule has 3 nitrogen and oxygen atoms in total. The number of hydrogen-bond acceptors (Lipinski definition) is 2. The van der Waals surface area contributed by atoms with Crippen LogP contribution in [0.5, 0.6) is 0 Å². The SMILES string of the molecule is CCCNC(=O)N1CCSc2ccc(Cl)cc21. The van der Waals surface area contributed by atoms with E-state index in [1.165, 1.54) is 0 Å². The summed E-state index contributed by atoms with van der Waals surface area (Å²) in [4.78, 5) is 14.9. The Labute approximate surface area is 111 Å². The first-order valence-electron chi connectivity index (χ1n) is 5.70. The third-order valence-corrected chi connectivity index (χ3v) is 3.83. The molecule has 17 heavy (non-hydrogen) atoms. The third-order valence-electron chi connectivity index (χ3n) is 2.56. The number of hydrogen-bond donors (Lipinski definition) is 1. The van der Waals surface area contributed by atoms with Crippen LogP contribution >= 0.6 is 23.4 Å². The van der Waals surface area contributed by atoms with Gasteiger partial charge < -0.3 is 5.32 Å². The average molecular weight is 271 g/mol. The highest BCUT2D eigenvalue weighted by atomic mass is 35.5. The van der Waals surface area contributed by atoms with Gasteiger partial charge in [-0.2, -0.15) is 0 Å². The van der Waals surface area contributed by atoms with Gasteiger partial charge in [-0.05, 0) is 24.6 Å². The number of carbonyl (C=O) groups excluding carboxylic acids is 1. The van der Waals surface area contributed by atoms with Gasteiger partial charge in [0.2, 0.25) is 0 Å². The molecule has 1 aliphatic heterocycles. The summed E-state index contributed by atoms with van der Waals surface area (Å²) in [5.41, 5.74) is 0.919. The number of amides is 2. The molecule has 5 heteroatoms. The molecule has 2 rings (SSSR count). The Hall–Kier alpha value is -0.870. The van der Waals surface area contributed by atoms with Crippen molar-refractivity contribution in [3.8, 4) is 0 Å². The number of carbonyl (C=O) groups is 1. The van der Waals surface area contributed by atoms with Crippen molar-refractivity contribution in [3.63, 3.8) is 0 Å². The second kappa shape index (κ2) is 5.65. The summed E-state index contributed by atoms with van der Waals surface area (Å²) in [6.45, 7) is 3.48. The van der Waals surface area contributed by atoms with Crippen LogP contribution in [-0.4, -0.2) is 24.9 Å². The maximum Gasteiger partial charge on any atom is 0.321 e. The summed E-state index contributed by atoms with van der Waals surface area (Å²) in [5.74, 6) is 0.925. The van der Waals surface area contributed by atoms with Gasteiger partial charge in [0, 0.05) is 28.8 Å². The highest BCUT2D eigenvalue weighted by molar-refractivity contribution is 7.99. The lowest BCUT2D eigenvalue weighted by Crippen LogP contribution is -2.43. The van der Waals surface area contributed by atoms with Crippen LogP contribution in [0.4, 0.5) is 10.5 Å². The van der Waals surface area contributed by atoms with Crippen molar-refractivity contribution in [1.82, 2.24) is 5.32 Å². The molecule has 0 saturated carbocycles. The first-order valence-corrected chi connectivity index (χ1v) is 7.06. The first kappa shape index (κ1) is 12.6. The Balaban J connectivity index is 2.21. The Morgan fingerprint density at radius 2 is 2.41 bits per heavy atom. The molecule has 0 aliphatic carbocycles. The van der Waals surface area contributed by atoms with Crippen molar-refractivity contribution in [2.45, 2.75) is 18.2 Å². The number of urea groups is 1. The normalized spacial score (nSPS) is 14.4. The Morgan fingerprint density at radius 3 is 3.18 bits per heavy atom. The number of rotatable bonds is 2. The molecule has 1 aromatic carbocycles. The Morgan fingerprint density at radius 1 is 1.59 bits per heavy atom. The number of thioether (sulfide) groups is 1. The minimum atomic E-state index is -0.0318. The van der Waals surface area contributed by atoms with Crippen LogP contribution in [0.1, 0.15) is 13.3 Å². The van der Waals surface area contributed by atoms with E-state index in [1.807, 2.05) is 25.1 Å². The molecule has 92 valence electrons. The van der Waals surface area contributed by atoms with E-state index < -0.39 is 0 Å². The van der Waals surface area contributed by atoms with Gasteiger partial charge in [0.1, 0.15) is 0 Å². The molecule has 0 aromatic heterocycles. The predicted octanol–water partition coefficient (Wildman–Crippen LogP) is 3.37. The minimum absolute atomic E-state index is 0.0318. The fourth-order valence-electron chi connectivity index (χ4n) is 1.73. The number of benzene rings is 1. The molecule has 0 fully saturated rings. The Kier molecular flexibility index (Phi) is 4.18. The summed E-state index contributed by atoms with van der Waals surface area (Å²) < 4.78 is 0. The predicted molar refractivity (Wildman–Crippen MR) is 73.2 cm³/mol. The van der Waals surface area contributed by atoms with E-state index >= 15 is 0 Å². The summed E-state index contributed by atoms with van der Waals surface area (Å²) in [7, 11) is 0. The largest absolute Gasteiger partial charge is 0.338 e. The van der Waals surface area contributed by atoms with Crippen LogP contribution in [0, 0.1) is 0 Å². The zero-order chi connectivity index (χ0) is 12.3. The van der Waals surface area contributed by atoms with Crippen LogP contribution in [0.3, 0.4) is 0 Å². The molecule has 0 bridgehead atoms. The van der Waals surface area contributed by atoms with Gasteiger partial charge in [-0.3, -0.25) is 4.90 Å². The number of anilines is 1. The molecule has 1 N–H and O–H groups in total. The monoisotopic (exact) mass is 270 g/mol. The zero-order valence-corrected chi connectivity index (χ0v) is 11.3. The van der Waals surface area contributed by atoms with Crippen molar-refractivity contribution in [2.75, 3.05) is 23.7 Å². The quantitative estimate of drug-likeness (QED) is 0.894. The molecule has 0 radical (unpaired) electrons. The summed E-state index contributed by atoms with van der Waals surface area (Å²) in [6, 6.07) is 5.66. The van der Waals surface area contributed by atoms with E-state index in [2.05, 4.69) is 5.32 Å². The lowest BCUT2D eigenvalue weighted by Gasteiger charge is -2.29. The number of fused-ring (bicyclic) bond motifs is 1. The van der Waals surface area contributed by atoms with E-state index in [1.54, 1.807) is 16.7 Å². The molecular weight excluding hydrogens is 256 g/mol.